The van der Waals surface area contributed by atoms with Gasteiger partial charge in [0.2, 0.25) is 10.0 Å². The predicted octanol–water partition coefficient (Wildman–Crippen LogP) is 4.51. The molecule has 0 radical (unpaired) electrons. The van der Waals surface area contributed by atoms with Crippen LogP contribution in [0.25, 0.3) is 27.2 Å². The third-order valence-electron chi connectivity index (χ3n) is 6.02. The Kier molecular flexibility index (Phi) is 8.31. The van der Waals surface area contributed by atoms with Crippen molar-refractivity contribution < 1.29 is 26.7 Å². The number of nitrogens with zero attached hydrogens (tertiary/aromatic N) is 5. The van der Waals surface area contributed by atoms with E-state index in [0.717, 1.165) is 38.3 Å². The minimum atomic E-state index is -3.38. The Bertz CT molecular complexity index is 1450. The number of aryl methyl sites for hydroxylation is 1. The van der Waals surface area contributed by atoms with Crippen LogP contribution in [-0.4, -0.2) is 69.9 Å². The van der Waals surface area contributed by atoms with Gasteiger partial charge in [-0.2, -0.15) is 9.40 Å². The molecule has 3 heterocycles. The number of fused-ring (bicyclic) bond motifs is 1. The Balaban J connectivity index is 1.78. The molecule has 0 bridgehead atoms. The minimum Gasteiger partial charge on any atom is -0.469 e. The van der Waals surface area contributed by atoms with Gasteiger partial charge >= 0.3 is 5.97 Å². The Morgan fingerprint density at radius 3 is 2.62 bits per heavy atom. The van der Waals surface area contributed by atoms with Crippen LogP contribution < -0.4 is 0 Å². The number of carbonyl (C=O) groups excluding carboxylic acids is 1. The first-order valence-electron chi connectivity index (χ1n) is 11.5. The number of alkyl halides is 2. The fourth-order valence-electron chi connectivity index (χ4n) is 4.07. The average Bonchev–Trinajstić information content (AvgIpc) is 3.48. The molecular weight excluding hydrogens is 544 g/mol. The van der Waals surface area contributed by atoms with Crippen molar-refractivity contribution in [1.82, 2.24) is 24.3 Å². The molecule has 4 rings (SSSR count). The summed E-state index contributed by atoms with van der Waals surface area (Å²) in [6, 6.07) is 3.91. The van der Waals surface area contributed by atoms with Gasteiger partial charge in [-0.25, -0.2) is 17.2 Å². The van der Waals surface area contributed by atoms with Gasteiger partial charge < -0.3 is 4.74 Å². The van der Waals surface area contributed by atoms with Crippen LogP contribution >= 0.6 is 23.1 Å². The third kappa shape index (κ3) is 5.71. The van der Waals surface area contributed by atoms with Crippen molar-refractivity contribution in [3.05, 3.63) is 28.8 Å². The lowest BCUT2D eigenvalue weighted by molar-refractivity contribution is -0.140. The van der Waals surface area contributed by atoms with E-state index in [1.54, 1.807) is 25.6 Å². The summed E-state index contributed by atoms with van der Waals surface area (Å²) in [6.07, 6.45) is -0.0775. The molecule has 0 saturated heterocycles. The number of thioether (sulfide) groups is 1. The molecule has 14 heteroatoms. The first-order valence-corrected chi connectivity index (χ1v) is 14.8. The zero-order valence-electron chi connectivity index (χ0n) is 20.8. The van der Waals surface area contributed by atoms with Crippen LogP contribution in [0.3, 0.4) is 0 Å². The fraction of sp³-hybridized carbons (Fsp3) is 0.478. The molecule has 0 atom stereocenters. The van der Waals surface area contributed by atoms with E-state index in [9.17, 15) is 22.0 Å². The van der Waals surface area contributed by atoms with Gasteiger partial charge in [-0.3, -0.25) is 9.48 Å². The van der Waals surface area contributed by atoms with Crippen LogP contribution in [0.2, 0.25) is 0 Å². The average molecular weight is 572 g/mol. The SMILES string of the molecule is COC(=O)CCSc1cc(C2=CCN(S(=O)(=O)C(C)C)CC2)c2c(c1)c(-c1nnc(C(F)F)s1)nn2C. The lowest BCUT2D eigenvalue weighted by atomic mass is 9.97. The molecule has 0 unspecified atom stereocenters. The van der Waals surface area contributed by atoms with Gasteiger partial charge in [0.05, 0.1) is 24.3 Å². The van der Waals surface area contributed by atoms with E-state index in [1.165, 1.54) is 23.2 Å². The van der Waals surface area contributed by atoms with E-state index in [4.69, 9.17) is 4.74 Å². The Morgan fingerprint density at radius 2 is 2.03 bits per heavy atom. The largest absolute Gasteiger partial charge is 0.469 e. The topological polar surface area (TPSA) is 107 Å². The number of halogens is 2. The molecule has 1 aliphatic rings. The van der Waals surface area contributed by atoms with Gasteiger partial charge in [-0.1, -0.05) is 17.4 Å². The highest BCUT2D eigenvalue weighted by atomic mass is 32.2. The third-order valence-corrected chi connectivity index (χ3v) is 10.2. The molecule has 0 aliphatic carbocycles. The van der Waals surface area contributed by atoms with Crippen LogP contribution in [0.5, 0.6) is 0 Å². The van der Waals surface area contributed by atoms with E-state index in [2.05, 4.69) is 15.3 Å². The number of aromatic nitrogens is 4. The summed E-state index contributed by atoms with van der Waals surface area (Å²) in [7, 11) is -0.264. The normalized spacial score (nSPS) is 15.1. The van der Waals surface area contributed by atoms with Gasteiger partial charge in [0, 0.05) is 41.7 Å². The number of hydrogen-bond donors (Lipinski definition) is 0. The molecule has 0 amide bonds. The lowest BCUT2D eigenvalue weighted by Gasteiger charge is -2.28. The maximum atomic E-state index is 13.2. The summed E-state index contributed by atoms with van der Waals surface area (Å²) < 4.78 is 59.5. The Labute approximate surface area is 221 Å². The molecule has 3 aromatic rings. The van der Waals surface area contributed by atoms with E-state index >= 15 is 0 Å². The van der Waals surface area contributed by atoms with Crippen molar-refractivity contribution in [3.63, 3.8) is 0 Å². The Morgan fingerprint density at radius 1 is 1.27 bits per heavy atom. The first kappa shape index (κ1) is 27.6. The number of methoxy groups -OCH3 is 1. The molecule has 0 spiro atoms. The van der Waals surface area contributed by atoms with Crippen LogP contribution in [0.15, 0.2) is 23.1 Å². The zero-order chi connectivity index (χ0) is 26.9. The zero-order valence-corrected chi connectivity index (χ0v) is 23.2. The van der Waals surface area contributed by atoms with Gasteiger partial charge in [-0.15, -0.1) is 22.0 Å². The smallest absolute Gasteiger partial charge is 0.306 e. The number of sulfonamides is 1. The van der Waals surface area contributed by atoms with Crippen molar-refractivity contribution in [2.75, 3.05) is 26.0 Å². The summed E-state index contributed by atoms with van der Waals surface area (Å²) in [5.41, 5.74) is 3.07. The van der Waals surface area contributed by atoms with Crippen molar-refractivity contribution in [3.8, 4) is 10.7 Å². The number of esters is 1. The molecule has 0 N–H and O–H groups in total. The van der Waals surface area contributed by atoms with Crippen molar-refractivity contribution >= 4 is 55.6 Å². The second-order valence-electron chi connectivity index (χ2n) is 8.69. The Hall–Kier alpha value is -2.42. The first-order chi connectivity index (χ1) is 17.5. The molecule has 0 saturated carbocycles. The molecule has 200 valence electrons. The van der Waals surface area contributed by atoms with Crippen molar-refractivity contribution in [2.45, 2.75) is 43.3 Å². The molecule has 2 aromatic heterocycles. The standard InChI is InChI=1S/C23H27F2N5O4S3/c1-13(2)37(32,33)30-8-5-14(6-9-30)16-11-15(35-10-7-18(31)34-4)12-17-19(28-29(3)20(16)17)22-26-27-23(36-22)21(24)25/h5,11-13,21H,6-10H2,1-4H3. The second kappa shape index (κ2) is 11.1. The molecule has 1 aromatic carbocycles. The molecule has 9 nitrogen and oxygen atoms in total. The molecule has 0 fully saturated rings. The van der Waals surface area contributed by atoms with Gasteiger partial charge in [0.15, 0.2) is 10.0 Å². The van der Waals surface area contributed by atoms with E-state index in [-0.39, 0.29) is 29.0 Å². The van der Waals surface area contributed by atoms with Crippen LogP contribution in [0, 0.1) is 0 Å². The lowest BCUT2D eigenvalue weighted by Crippen LogP contribution is -2.39. The number of benzene rings is 1. The highest BCUT2D eigenvalue weighted by Crippen LogP contribution is 2.39. The van der Waals surface area contributed by atoms with E-state index < -0.39 is 21.7 Å². The van der Waals surface area contributed by atoms with E-state index in [0.29, 0.717) is 24.4 Å². The van der Waals surface area contributed by atoms with E-state index in [1.807, 2.05) is 18.2 Å². The maximum Gasteiger partial charge on any atom is 0.306 e. The van der Waals surface area contributed by atoms with Crippen LogP contribution in [0.1, 0.15) is 43.7 Å². The summed E-state index contributed by atoms with van der Waals surface area (Å²) in [5, 5.41) is 12.3. The van der Waals surface area contributed by atoms with Gasteiger partial charge in [-0.05, 0) is 38.0 Å². The molecule has 37 heavy (non-hydrogen) atoms. The van der Waals surface area contributed by atoms with Crippen LogP contribution in [0.4, 0.5) is 8.78 Å². The summed E-state index contributed by atoms with van der Waals surface area (Å²) in [6.45, 7) is 3.94. The number of carbonyl (C=O) groups is 1. The summed E-state index contributed by atoms with van der Waals surface area (Å²) in [4.78, 5) is 12.5. The fourth-order valence-corrected chi connectivity index (χ4v) is 6.90. The molecular formula is C23H27F2N5O4S3. The number of ether oxygens (including phenoxy) is 1. The maximum absolute atomic E-state index is 13.2. The van der Waals surface area contributed by atoms with Crippen molar-refractivity contribution in [1.29, 1.82) is 0 Å². The minimum absolute atomic E-state index is 0.229. The highest BCUT2D eigenvalue weighted by Gasteiger charge is 2.29. The summed E-state index contributed by atoms with van der Waals surface area (Å²) >= 11 is 2.26. The van der Waals surface area contributed by atoms with Gasteiger partial charge in [0.1, 0.15) is 5.69 Å². The molecule has 1 aliphatic heterocycles. The monoisotopic (exact) mass is 571 g/mol. The summed E-state index contributed by atoms with van der Waals surface area (Å²) in [5.74, 6) is 0.173. The van der Waals surface area contributed by atoms with Crippen LogP contribution in [-0.2, 0) is 26.6 Å². The second-order valence-corrected chi connectivity index (χ2v) is 13.4. The number of hydrogen-bond acceptors (Lipinski definition) is 9. The highest BCUT2D eigenvalue weighted by molar-refractivity contribution is 7.99. The van der Waals surface area contributed by atoms with Crippen molar-refractivity contribution in [2.24, 2.45) is 7.05 Å². The number of rotatable bonds is 9. The predicted molar refractivity (Wildman–Crippen MR) is 140 cm³/mol. The van der Waals surface area contributed by atoms with Gasteiger partial charge in [0.25, 0.3) is 6.43 Å². The quantitative estimate of drug-likeness (QED) is 0.273.